The fourth-order valence-electron chi connectivity index (χ4n) is 2.57. The van der Waals surface area contributed by atoms with Gasteiger partial charge in [-0.2, -0.15) is 0 Å². The van der Waals surface area contributed by atoms with E-state index in [0.29, 0.717) is 28.4 Å². The van der Waals surface area contributed by atoms with Crippen LogP contribution in [0.25, 0.3) is 0 Å². The second-order valence-corrected chi connectivity index (χ2v) is 6.61. The first-order chi connectivity index (χ1) is 13.0. The lowest BCUT2D eigenvalue weighted by Gasteiger charge is -2.09. The number of carbonyl (C=O) groups is 2. The lowest BCUT2D eigenvalue weighted by molar-refractivity contribution is -0.115. The Morgan fingerprint density at radius 3 is 2.19 bits per heavy atom. The zero-order chi connectivity index (χ0) is 19.2. The Kier molecular flexibility index (Phi) is 5.89. The van der Waals surface area contributed by atoms with E-state index in [1.165, 1.54) is 0 Å². The Morgan fingerprint density at radius 1 is 0.852 bits per heavy atom. The van der Waals surface area contributed by atoms with Crippen molar-refractivity contribution in [3.63, 3.8) is 0 Å². The summed E-state index contributed by atoms with van der Waals surface area (Å²) in [4.78, 5) is 24.4. The molecule has 0 bridgehead atoms. The molecule has 0 spiro atoms. The molecule has 0 heterocycles. The van der Waals surface area contributed by atoms with Crippen molar-refractivity contribution in [1.82, 2.24) is 0 Å². The van der Waals surface area contributed by atoms with Crippen molar-refractivity contribution in [3.8, 4) is 0 Å². The van der Waals surface area contributed by atoms with E-state index in [-0.39, 0.29) is 11.8 Å². The fourth-order valence-corrected chi connectivity index (χ4v) is 2.75. The largest absolute Gasteiger partial charge is 0.326 e. The lowest BCUT2D eigenvalue weighted by Crippen LogP contribution is -2.15. The number of anilines is 2. The molecule has 136 valence electrons. The quantitative estimate of drug-likeness (QED) is 0.650. The van der Waals surface area contributed by atoms with E-state index >= 15 is 0 Å². The van der Waals surface area contributed by atoms with Crippen molar-refractivity contribution < 1.29 is 9.59 Å². The molecule has 3 aromatic rings. The van der Waals surface area contributed by atoms with Crippen LogP contribution in [0, 0.1) is 6.92 Å². The summed E-state index contributed by atoms with van der Waals surface area (Å²) in [6.45, 7) is 1.90. The maximum atomic E-state index is 12.3. The second kappa shape index (κ2) is 8.52. The summed E-state index contributed by atoms with van der Waals surface area (Å²) < 4.78 is 0. The van der Waals surface area contributed by atoms with Crippen molar-refractivity contribution in [2.45, 2.75) is 13.3 Å². The highest BCUT2D eigenvalue weighted by atomic mass is 35.5. The molecule has 2 N–H and O–H groups in total. The van der Waals surface area contributed by atoms with Crippen LogP contribution in [0.3, 0.4) is 0 Å². The third-order valence-electron chi connectivity index (χ3n) is 4.07. The minimum atomic E-state index is -0.239. The molecule has 0 aromatic heterocycles. The van der Waals surface area contributed by atoms with Gasteiger partial charge in [-0.05, 0) is 54.4 Å². The summed E-state index contributed by atoms with van der Waals surface area (Å²) in [7, 11) is 0. The molecule has 3 rings (SSSR count). The zero-order valence-corrected chi connectivity index (χ0v) is 15.6. The van der Waals surface area contributed by atoms with Gasteiger partial charge in [0.25, 0.3) is 5.91 Å². The molecule has 0 aliphatic heterocycles. The van der Waals surface area contributed by atoms with E-state index in [1.807, 2.05) is 43.3 Å². The predicted molar refractivity (Wildman–Crippen MR) is 109 cm³/mol. The summed E-state index contributed by atoms with van der Waals surface area (Å²) in [5.74, 6) is -0.343. The Morgan fingerprint density at radius 2 is 1.52 bits per heavy atom. The molecule has 0 aliphatic carbocycles. The number of halogens is 1. The fraction of sp³-hybridized carbons (Fsp3) is 0.0909. The number of nitrogens with one attached hydrogen (secondary N) is 2. The highest BCUT2D eigenvalue weighted by Crippen LogP contribution is 2.20. The van der Waals surface area contributed by atoms with Gasteiger partial charge < -0.3 is 10.6 Å². The number of hydrogen-bond acceptors (Lipinski definition) is 2. The van der Waals surface area contributed by atoms with Crippen molar-refractivity contribution in [2.24, 2.45) is 0 Å². The van der Waals surface area contributed by atoms with Gasteiger partial charge in [-0.15, -0.1) is 0 Å². The number of aryl methyl sites for hydroxylation is 1. The predicted octanol–water partition coefficient (Wildman–Crippen LogP) is 5.08. The van der Waals surface area contributed by atoms with Gasteiger partial charge in [-0.3, -0.25) is 9.59 Å². The Balaban J connectivity index is 1.60. The van der Waals surface area contributed by atoms with E-state index in [4.69, 9.17) is 11.6 Å². The van der Waals surface area contributed by atoms with Crippen LogP contribution in [-0.2, 0) is 11.2 Å². The van der Waals surface area contributed by atoms with Gasteiger partial charge in [0.2, 0.25) is 5.91 Å². The molecule has 0 saturated carbocycles. The number of rotatable bonds is 5. The van der Waals surface area contributed by atoms with E-state index in [9.17, 15) is 9.59 Å². The molecule has 5 heteroatoms. The molecule has 0 fully saturated rings. The molecule has 0 aliphatic rings. The van der Waals surface area contributed by atoms with Crippen LogP contribution in [0.2, 0.25) is 5.02 Å². The molecule has 0 unspecified atom stereocenters. The van der Waals surface area contributed by atoms with Gasteiger partial charge in [-0.1, -0.05) is 48.0 Å². The molecule has 4 nitrogen and oxygen atoms in total. The summed E-state index contributed by atoms with van der Waals surface area (Å²) in [5, 5.41) is 6.24. The molecule has 3 aromatic carbocycles. The first kappa shape index (κ1) is 18.7. The normalized spacial score (nSPS) is 10.3. The van der Waals surface area contributed by atoms with Crippen LogP contribution >= 0.6 is 11.6 Å². The van der Waals surface area contributed by atoms with Crippen molar-refractivity contribution in [1.29, 1.82) is 0 Å². The second-order valence-electron chi connectivity index (χ2n) is 6.21. The van der Waals surface area contributed by atoms with Crippen molar-refractivity contribution in [3.05, 3.63) is 94.5 Å². The maximum Gasteiger partial charge on any atom is 0.255 e. The minimum Gasteiger partial charge on any atom is -0.326 e. The van der Waals surface area contributed by atoms with Crippen LogP contribution in [0.4, 0.5) is 11.4 Å². The number of amides is 2. The molecule has 27 heavy (non-hydrogen) atoms. The Bertz CT molecular complexity index is 954. The SMILES string of the molecule is Cc1ccc(NC(=O)c2ccc(NC(=O)Cc3ccccc3)cc2)cc1Cl. The van der Waals surface area contributed by atoms with Gasteiger partial charge in [0, 0.05) is 22.0 Å². The number of benzene rings is 3. The molecular weight excluding hydrogens is 360 g/mol. The van der Waals surface area contributed by atoms with E-state index < -0.39 is 0 Å². The van der Waals surface area contributed by atoms with E-state index in [2.05, 4.69) is 10.6 Å². The maximum absolute atomic E-state index is 12.3. The van der Waals surface area contributed by atoms with Crippen molar-refractivity contribution in [2.75, 3.05) is 10.6 Å². The van der Waals surface area contributed by atoms with Crippen LogP contribution in [0.15, 0.2) is 72.8 Å². The van der Waals surface area contributed by atoms with Gasteiger partial charge >= 0.3 is 0 Å². The number of hydrogen-bond donors (Lipinski definition) is 2. The highest BCUT2D eigenvalue weighted by molar-refractivity contribution is 6.31. The molecule has 0 atom stereocenters. The van der Waals surface area contributed by atoms with Gasteiger partial charge in [0.05, 0.1) is 6.42 Å². The molecule has 2 amide bonds. The Labute approximate surface area is 163 Å². The third kappa shape index (κ3) is 5.19. The molecule has 0 saturated heterocycles. The monoisotopic (exact) mass is 378 g/mol. The topological polar surface area (TPSA) is 58.2 Å². The molecular formula is C22H19ClN2O2. The van der Waals surface area contributed by atoms with E-state index in [1.54, 1.807) is 36.4 Å². The first-order valence-corrected chi connectivity index (χ1v) is 8.90. The first-order valence-electron chi connectivity index (χ1n) is 8.52. The average Bonchev–Trinajstić information content (AvgIpc) is 2.66. The number of carbonyl (C=O) groups excluding carboxylic acids is 2. The van der Waals surface area contributed by atoms with E-state index in [0.717, 1.165) is 11.1 Å². The van der Waals surface area contributed by atoms with Crippen LogP contribution < -0.4 is 10.6 Å². The third-order valence-corrected chi connectivity index (χ3v) is 4.48. The van der Waals surface area contributed by atoms with Gasteiger partial charge in [0.1, 0.15) is 0 Å². The van der Waals surface area contributed by atoms with Crippen LogP contribution in [0.5, 0.6) is 0 Å². The zero-order valence-electron chi connectivity index (χ0n) is 14.8. The van der Waals surface area contributed by atoms with Gasteiger partial charge in [0.15, 0.2) is 0 Å². The smallest absolute Gasteiger partial charge is 0.255 e. The van der Waals surface area contributed by atoms with Crippen LogP contribution in [-0.4, -0.2) is 11.8 Å². The van der Waals surface area contributed by atoms with Crippen LogP contribution in [0.1, 0.15) is 21.5 Å². The van der Waals surface area contributed by atoms with Gasteiger partial charge in [-0.25, -0.2) is 0 Å². The summed E-state index contributed by atoms with van der Waals surface area (Å²) in [6.07, 6.45) is 0.303. The summed E-state index contributed by atoms with van der Waals surface area (Å²) in [6, 6.07) is 21.7. The highest BCUT2D eigenvalue weighted by Gasteiger charge is 2.08. The molecule has 0 radical (unpaired) electrons. The standard InChI is InChI=1S/C22H19ClN2O2/c1-15-7-10-19(14-20(15)23)25-22(27)17-8-11-18(12-9-17)24-21(26)13-16-5-3-2-4-6-16/h2-12,14H,13H2,1H3,(H,24,26)(H,25,27). The summed E-state index contributed by atoms with van der Waals surface area (Å²) >= 11 is 6.08. The minimum absolute atomic E-state index is 0.104. The Hall–Kier alpha value is -3.11. The lowest BCUT2D eigenvalue weighted by atomic mass is 10.1. The summed E-state index contributed by atoms with van der Waals surface area (Å²) in [5.41, 5.74) is 3.67. The van der Waals surface area contributed by atoms with Crippen molar-refractivity contribution >= 4 is 34.8 Å². The average molecular weight is 379 g/mol.